The van der Waals surface area contributed by atoms with Gasteiger partial charge in [-0.15, -0.1) is 0 Å². The minimum absolute atomic E-state index is 0.132. The van der Waals surface area contributed by atoms with E-state index in [1.54, 1.807) is 12.4 Å². The number of aromatic nitrogens is 4. The van der Waals surface area contributed by atoms with Crippen molar-refractivity contribution in [2.75, 3.05) is 12.3 Å². The summed E-state index contributed by atoms with van der Waals surface area (Å²) in [6.45, 7) is 1.02. The van der Waals surface area contributed by atoms with E-state index in [1.807, 2.05) is 0 Å². The van der Waals surface area contributed by atoms with Crippen LogP contribution in [0.15, 0.2) is 41.2 Å². The molecule has 1 aromatic carbocycles. The molecule has 0 amide bonds. The maximum Gasteiger partial charge on any atom is 0.243 e. The van der Waals surface area contributed by atoms with Gasteiger partial charge in [0.05, 0.1) is 11.5 Å². The highest BCUT2D eigenvalue weighted by molar-refractivity contribution is 5.62. The van der Waals surface area contributed by atoms with Gasteiger partial charge in [-0.25, -0.2) is 9.97 Å². The Balaban J connectivity index is 1.42. The number of benzene rings is 1. The third-order valence-corrected chi connectivity index (χ3v) is 6.13. The summed E-state index contributed by atoms with van der Waals surface area (Å²) in [7, 11) is 0. The summed E-state index contributed by atoms with van der Waals surface area (Å²) in [6, 6.07) is 8.74. The molecule has 3 aromatic rings. The molecule has 3 N–H and O–H groups in total. The zero-order valence-corrected chi connectivity index (χ0v) is 15.8. The van der Waals surface area contributed by atoms with Gasteiger partial charge in [-0.1, -0.05) is 42.3 Å². The highest BCUT2D eigenvalue weighted by Gasteiger charge is 2.44. The normalized spacial score (nSPS) is 21.2. The summed E-state index contributed by atoms with van der Waals surface area (Å²) in [5.41, 5.74) is 8.71. The van der Waals surface area contributed by atoms with Gasteiger partial charge in [0.15, 0.2) is 5.82 Å². The average Bonchev–Trinajstić information content (AvgIpc) is 3.19. The van der Waals surface area contributed by atoms with E-state index < -0.39 is 0 Å². The number of hydrogen-bond acceptors (Lipinski definition) is 7. The summed E-state index contributed by atoms with van der Waals surface area (Å²) in [6.07, 6.45) is 10.3. The van der Waals surface area contributed by atoms with Crippen LogP contribution in [0.2, 0.25) is 0 Å². The van der Waals surface area contributed by atoms with E-state index in [4.69, 9.17) is 15.2 Å². The first-order valence-corrected chi connectivity index (χ1v) is 10.0. The fourth-order valence-electron chi connectivity index (χ4n) is 4.27. The maximum atomic E-state index is 5.66. The summed E-state index contributed by atoms with van der Waals surface area (Å²) in [4.78, 5) is 13.0. The first-order valence-electron chi connectivity index (χ1n) is 10.0. The number of hydrogen-bond donors (Lipinski definition) is 2. The number of nitrogen functional groups attached to an aromatic ring is 1. The van der Waals surface area contributed by atoms with Gasteiger partial charge in [0.2, 0.25) is 11.8 Å². The molecular weight excluding hydrogens is 352 g/mol. The predicted octanol–water partition coefficient (Wildman–Crippen LogP) is 3.39. The van der Waals surface area contributed by atoms with Crippen LogP contribution in [0.3, 0.4) is 0 Å². The minimum Gasteiger partial charge on any atom is -0.368 e. The van der Waals surface area contributed by atoms with Crippen LogP contribution in [0.5, 0.6) is 0 Å². The van der Waals surface area contributed by atoms with Crippen LogP contribution in [0, 0.1) is 0 Å². The molecule has 2 aliphatic rings. The lowest BCUT2D eigenvalue weighted by atomic mass is 9.64. The fourth-order valence-corrected chi connectivity index (χ4v) is 4.27. The van der Waals surface area contributed by atoms with Gasteiger partial charge in [-0.3, -0.25) is 0 Å². The Hall–Kier alpha value is -2.80. The van der Waals surface area contributed by atoms with E-state index in [9.17, 15) is 0 Å². The number of anilines is 1. The molecule has 0 spiro atoms. The minimum atomic E-state index is -0.132. The van der Waals surface area contributed by atoms with E-state index >= 15 is 0 Å². The second-order valence-corrected chi connectivity index (χ2v) is 7.80. The Morgan fingerprint density at radius 1 is 1.00 bits per heavy atom. The SMILES string of the molecule is Nc1ncc(-c2ccc(C3(c4noc(C5CCCCN5)n4)CCC3)cc2)cn1. The van der Waals surface area contributed by atoms with Crippen molar-refractivity contribution >= 4 is 5.95 Å². The van der Waals surface area contributed by atoms with Crippen molar-refractivity contribution in [3.05, 3.63) is 53.9 Å². The third kappa shape index (κ3) is 2.96. The molecule has 1 atom stereocenters. The van der Waals surface area contributed by atoms with Crippen molar-refractivity contribution in [3.63, 3.8) is 0 Å². The molecular formula is C21H24N6O. The molecule has 1 aliphatic heterocycles. The fraction of sp³-hybridized carbons (Fsp3) is 0.429. The van der Waals surface area contributed by atoms with Gasteiger partial charge < -0.3 is 15.6 Å². The van der Waals surface area contributed by atoms with E-state index in [0.29, 0.717) is 0 Å². The van der Waals surface area contributed by atoms with Crippen molar-refractivity contribution in [2.45, 2.75) is 50.0 Å². The third-order valence-electron chi connectivity index (χ3n) is 6.13. The van der Waals surface area contributed by atoms with Gasteiger partial charge >= 0.3 is 0 Å². The van der Waals surface area contributed by atoms with Gasteiger partial charge in [0.25, 0.3) is 0 Å². The van der Waals surface area contributed by atoms with Crippen LogP contribution in [-0.4, -0.2) is 26.7 Å². The maximum absolute atomic E-state index is 5.66. The van der Waals surface area contributed by atoms with Crippen LogP contribution < -0.4 is 11.1 Å². The number of nitrogens with zero attached hydrogens (tertiary/aromatic N) is 4. The van der Waals surface area contributed by atoms with E-state index in [2.05, 4.69) is 44.7 Å². The Morgan fingerprint density at radius 2 is 1.79 bits per heavy atom. The van der Waals surface area contributed by atoms with E-state index in [1.165, 1.54) is 24.8 Å². The zero-order chi connectivity index (χ0) is 19.0. The lowest BCUT2D eigenvalue weighted by Gasteiger charge is -2.39. The van der Waals surface area contributed by atoms with Crippen molar-refractivity contribution in [2.24, 2.45) is 0 Å². The Bertz CT molecular complexity index is 940. The largest absolute Gasteiger partial charge is 0.368 e. The summed E-state index contributed by atoms with van der Waals surface area (Å²) in [5, 5.41) is 7.88. The van der Waals surface area contributed by atoms with Crippen molar-refractivity contribution in [1.29, 1.82) is 0 Å². The Labute approximate surface area is 163 Å². The lowest BCUT2D eigenvalue weighted by molar-refractivity contribution is 0.264. The Morgan fingerprint density at radius 3 is 2.43 bits per heavy atom. The molecule has 0 bridgehead atoms. The van der Waals surface area contributed by atoms with Gasteiger partial charge in [-0.2, -0.15) is 4.98 Å². The number of rotatable bonds is 4. The molecule has 2 fully saturated rings. The number of nitrogens with two attached hydrogens (primary N) is 1. The van der Waals surface area contributed by atoms with Gasteiger partial charge in [-0.05, 0) is 43.4 Å². The molecule has 1 unspecified atom stereocenters. The van der Waals surface area contributed by atoms with Crippen molar-refractivity contribution in [1.82, 2.24) is 25.4 Å². The summed E-state index contributed by atoms with van der Waals surface area (Å²) in [5.74, 6) is 1.84. The Kier molecular flexibility index (Phi) is 4.31. The van der Waals surface area contributed by atoms with Crippen molar-refractivity contribution < 1.29 is 4.52 Å². The van der Waals surface area contributed by atoms with Crippen molar-refractivity contribution in [3.8, 4) is 11.1 Å². The highest BCUT2D eigenvalue weighted by atomic mass is 16.5. The number of piperidine rings is 1. The monoisotopic (exact) mass is 376 g/mol. The molecule has 1 saturated heterocycles. The second kappa shape index (κ2) is 6.98. The topological polar surface area (TPSA) is 103 Å². The van der Waals surface area contributed by atoms with Gasteiger partial charge in [0, 0.05) is 18.0 Å². The predicted molar refractivity (Wildman–Crippen MR) is 105 cm³/mol. The molecule has 7 heteroatoms. The molecule has 144 valence electrons. The smallest absolute Gasteiger partial charge is 0.243 e. The second-order valence-electron chi connectivity index (χ2n) is 7.80. The molecule has 7 nitrogen and oxygen atoms in total. The highest BCUT2D eigenvalue weighted by Crippen LogP contribution is 2.48. The first-order chi connectivity index (χ1) is 13.7. The van der Waals surface area contributed by atoms with Crippen LogP contribution in [0.1, 0.15) is 61.8 Å². The molecule has 3 heterocycles. The molecule has 0 radical (unpaired) electrons. The zero-order valence-electron chi connectivity index (χ0n) is 15.8. The first kappa shape index (κ1) is 17.3. The quantitative estimate of drug-likeness (QED) is 0.719. The molecule has 1 aliphatic carbocycles. The summed E-state index contributed by atoms with van der Waals surface area (Å²) >= 11 is 0. The lowest BCUT2D eigenvalue weighted by Crippen LogP contribution is -2.36. The van der Waals surface area contributed by atoms with Crippen LogP contribution in [0.4, 0.5) is 5.95 Å². The average molecular weight is 376 g/mol. The summed E-state index contributed by atoms with van der Waals surface area (Å²) < 4.78 is 5.66. The van der Waals surface area contributed by atoms with Crippen LogP contribution >= 0.6 is 0 Å². The van der Waals surface area contributed by atoms with E-state index in [0.717, 1.165) is 48.6 Å². The van der Waals surface area contributed by atoms with Crippen LogP contribution in [-0.2, 0) is 5.41 Å². The van der Waals surface area contributed by atoms with Crippen LogP contribution in [0.25, 0.3) is 11.1 Å². The molecule has 2 aromatic heterocycles. The molecule has 1 saturated carbocycles. The molecule has 5 rings (SSSR count). The standard InChI is InChI=1S/C21H24N6O/c22-20-24-12-15(13-25-20)14-5-7-16(8-6-14)21(9-3-10-21)19-26-18(28-27-19)17-4-1-2-11-23-17/h5-8,12-13,17,23H,1-4,9-11H2,(H2,22,24,25). The van der Waals surface area contributed by atoms with E-state index in [-0.39, 0.29) is 17.4 Å². The van der Waals surface area contributed by atoms with Gasteiger partial charge in [0.1, 0.15) is 0 Å². The molecule has 28 heavy (non-hydrogen) atoms. The number of nitrogens with one attached hydrogen (secondary N) is 1.